The molecule has 0 aliphatic rings. The van der Waals surface area contributed by atoms with E-state index in [0.29, 0.717) is 18.0 Å². The van der Waals surface area contributed by atoms with Gasteiger partial charge in [-0.15, -0.1) is 0 Å². The molecule has 2 rings (SSSR count). The van der Waals surface area contributed by atoms with Gasteiger partial charge in [-0.25, -0.2) is 4.79 Å². The molecule has 0 atom stereocenters. The van der Waals surface area contributed by atoms with E-state index in [1.165, 1.54) is 0 Å². The highest BCUT2D eigenvalue weighted by molar-refractivity contribution is 5.95. The minimum atomic E-state index is -0.957. The summed E-state index contributed by atoms with van der Waals surface area (Å²) >= 11 is 0. The largest absolute Gasteiger partial charge is 0.478 e. The van der Waals surface area contributed by atoms with Crippen LogP contribution < -0.4 is 0 Å². The molecular weight excluding hydrogens is 318 g/mol. The van der Waals surface area contributed by atoms with Crippen molar-refractivity contribution in [3.8, 4) is 0 Å². The number of hydrogen-bond acceptors (Lipinski definition) is 3. The average molecular weight is 343 g/mol. The van der Waals surface area contributed by atoms with Gasteiger partial charge in [0.05, 0.1) is 23.0 Å². The summed E-state index contributed by atoms with van der Waals surface area (Å²) in [7, 11) is 1.74. The maximum absolute atomic E-state index is 12.8. The van der Waals surface area contributed by atoms with E-state index in [9.17, 15) is 9.59 Å². The van der Waals surface area contributed by atoms with E-state index < -0.39 is 5.97 Å². The maximum atomic E-state index is 12.8. The van der Waals surface area contributed by atoms with Crippen LogP contribution in [-0.4, -0.2) is 38.7 Å². The molecule has 6 heteroatoms. The normalized spacial score (nSPS) is 10.9. The Morgan fingerprint density at radius 3 is 2.40 bits per heavy atom. The van der Waals surface area contributed by atoms with Crippen LogP contribution in [0.4, 0.5) is 0 Å². The molecule has 0 saturated carbocycles. The molecule has 1 aromatic heterocycles. The van der Waals surface area contributed by atoms with Gasteiger partial charge in [-0.3, -0.25) is 9.48 Å². The molecule has 134 valence electrons. The molecule has 0 saturated heterocycles. The fourth-order valence-corrected chi connectivity index (χ4v) is 2.77. The lowest BCUT2D eigenvalue weighted by Crippen LogP contribution is -2.27. The highest BCUT2D eigenvalue weighted by Crippen LogP contribution is 2.16. The molecule has 1 heterocycles. The number of rotatable bonds is 7. The molecule has 6 nitrogen and oxygen atoms in total. The van der Waals surface area contributed by atoms with Crippen molar-refractivity contribution < 1.29 is 14.7 Å². The minimum Gasteiger partial charge on any atom is -0.478 e. The second-order valence-electron chi connectivity index (χ2n) is 6.60. The number of carbonyl (C=O) groups excluding carboxylic acids is 1. The zero-order valence-corrected chi connectivity index (χ0v) is 15.2. The molecule has 0 radical (unpaired) electrons. The van der Waals surface area contributed by atoms with Crippen LogP contribution in [-0.2, 0) is 19.5 Å². The van der Waals surface area contributed by atoms with Gasteiger partial charge < -0.3 is 10.0 Å². The van der Waals surface area contributed by atoms with E-state index in [4.69, 9.17) is 5.11 Å². The van der Waals surface area contributed by atoms with Gasteiger partial charge in [0, 0.05) is 20.1 Å². The van der Waals surface area contributed by atoms with Crippen LogP contribution >= 0.6 is 0 Å². The number of carboxylic acids is 1. The summed E-state index contributed by atoms with van der Waals surface area (Å²) < 4.78 is 1.91. The van der Waals surface area contributed by atoms with Crippen molar-refractivity contribution in [2.45, 2.75) is 40.3 Å². The van der Waals surface area contributed by atoms with Crippen molar-refractivity contribution in [3.05, 3.63) is 52.8 Å². The molecule has 1 amide bonds. The predicted molar refractivity (Wildman–Crippen MR) is 95.6 cm³/mol. The maximum Gasteiger partial charge on any atom is 0.335 e. The Kier molecular flexibility index (Phi) is 5.96. The van der Waals surface area contributed by atoms with Gasteiger partial charge in [-0.1, -0.05) is 32.9 Å². The van der Waals surface area contributed by atoms with Crippen LogP contribution in [0.2, 0.25) is 0 Å². The van der Waals surface area contributed by atoms with Crippen LogP contribution in [0.3, 0.4) is 0 Å². The summed E-state index contributed by atoms with van der Waals surface area (Å²) in [6.45, 7) is 7.47. The van der Waals surface area contributed by atoms with E-state index in [2.05, 4.69) is 18.9 Å². The SMILES string of the molecule is CCc1c(C(=O)N(C)Cc2ccc(C(=O)O)cc2)cnn1CC(C)C. The standard InChI is InChI=1S/C19H25N3O3/c1-5-17-16(10-20-22(17)11-13(2)3)18(23)21(4)12-14-6-8-15(9-7-14)19(24)25/h6-10,13H,5,11-12H2,1-4H3,(H,24,25). The molecule has 0 aliphatic heterocycles. The van der Waals surface area contributed by atoms with Gasteiger partial charge in [0.1, 0.15) is 0 Å². The molecule has 0 unspecified atom stereocenters. The summed E-state index contributed by atoms with van der Waals surface area (Å²) in [4.78, 5) is 25.3. The third-order valence-corrected chi connectivity index (χ3v) is 4.02. The first kappa shape index (κ1) is 18.7. The van der Waals surface area contributed by atoms with Crippen molar-refractivity contribution >= 4 is 11.9 Å². The van der Waals surface area contributed by atoms with Gasteiger partial charge in [0.15, 0.2) is 0 Å². The molecule has 1 aromatic carbocycles. The number of carboxylic acid groups (broad SMARTS) is 1. The lowest BCUT2D eigenvalue weighted by molar-refractivity contribution is 0.0695. The highest BCUT2D eigenvalue weighted by Gasteiger charge is 2.20. The predicted octanol–water partition coefficient (Wildman–Crippen LogP) is 3.07. The fourth-order valence-electron chi connectivity index (χ4n) is 2.77. The Balaban J connectivity index is 2.14. The van der Waals surface area contributed by atoms with Gasteiger partial charge in [0.25, 0.3) is 5.91 Å². The lowest BCUT2D eigenvalue weighted by Gasteiger charge is -2.18. The smallest absolute Gasteiger partial charge is 0.335 e. The van der Waals surface area contributed by atoms with Crippen LogP contribution in [0.5, 0.6) is 0 Å². The van der Waals surface area contributed by atoms with Crippen molar-refractivity contribution in [3.63, 3.8) is 0 Å². The zero-order chi connectivity index (χ0) is 18.6. The number of nitrogens with zero attached hydrogens (tertiary/aromatic N) is 3. The first-order valence-corrected chi connectivity index (χ1v) is 8.45. The minimum absolute atomic E-state index is 0.0748. The number of carbonyl (C=O) groups is 2. The number of aromatic nitrogens is 2. The quantitative estimate of drug-likeness (QED) is 0.838. The topological polar surface area (TPSA) is 75.4 Å². The highest BCUT2D eigenvalue weighted by atomic mass is 16.4. The summed E-state index contributed by atoms with van der Waals surface area (Å²) in [5, 5.41) is 13.3. The van der Waals surface area contributed by atoms with Gasteiger partial charge in [-0.2, -0.15) is 5.10 Å². The third kappa shape index (κ3) is 4.47. The van der Waals surface area contributed by atoms with Crippen LogP contribution in [0, 0.1) is 5.92 Å². The van der Waals surface area contributed by atoms with Gasteiger partial charge in [0.2, 0.25) is 0 Å². The molecule has 25 heavy (non-hydrogen) atoms. The van der Waals surface area contributed by atoms with Crippen molar-refractivity contribution in [2.24, 2.45) is 5.92 Å². The first-order valence-electron chi connectivity index (χ1n) is 8.45. The number of aromatic carboxylic acids is 1. The average Bonchev–Trinajstić information content (AvgIpc) is 2.96. The van der Waals surface area contributed by atoms with E-state index in [1.54, 1.807) is 42.4 Å². The van der Waals surface area contributed by atoms with Crippen LogP contribution in [0.1, 0.15) is 52.7 Å². The first-order chi connectivity index (χ1) is 11.8. The Hall–Kier alpha value is -2.63. The van der Waals surface area contributed by atoms with Crippen molar-refractivity contribution in [1.82, 2.24) is 14.7 Å². The Morgan fingerprint density at radius 1 is 1.24 bits per heavy atom. The summed E-state index contributed by atoms with van der Waals surface area (Å²) in [5.74, 6) is -0.575. The zero-order valence-electron chi connectivity index (χ0n) is 15.2. The molecule has 0 bridgehead atoms. The Morgan fingerprint density at radius 2 is 1.88 bits per heavy atom. The van der Waals surface area contributed by atoms with Gasteiger partial charge in [-0.05, 0) is 30.0 Å². The Bertz CT molecular complexity index is 748. The third-order valence-electron chi connectivity index (χ3n) is 4.02. The van der Waals surface area contributed by atoms with E-state index >= 15 is 0 Å². The number of amides is 1. The van der Waals surface area contributed by atoms with Crippen molar-refractivity contribution in [1.29, 1.82) is 0 Å². The molecular formula is C19H25N3O3. The lowest BCUT2D eigenvalue weighted by atomic mass is 10.1. The second kappa shape index (κ2) is 7.96. The van der Waals surface area contributed by atoms with Gasteiger partial charge >= 0.3 is 5.97 Å². The summed E-state index contributed by atoms with van der Waals surface area (Å²) in [5.41, 5.74) is 2.70. The summed E-state index contributed by atoms with van der Waals surface area (Å²) in [6, 6.07) is 6.56. The second-order valence-corrected chi connectivity index (χ2v) is 6.60. The van der Waals surface area contributed by atoms with E-state index in [-0.39, 0.29) is 11.5 Å². The molecule has 0 aliphatic carbocycles. The molecule has 0 spiro atoms. The van der Waals surface area contributed by atoms with Crippen LogP contribution in [0.15, 0.2) is 30.5 Å². The molecule has 2 aromatic rings. The molecule has 0 fully saturated rings. The monoisotopic (exact) mass is 343 g/mol. The fraction of sp³-hybridized carbons (Fsp3) is 0.421. The number of hydrogen-bond donors (Lipinski definition) is 1. The van der Waals surface area contributed by atoms with E-state index in [1.807, 2.05) is 11.6 Å². The van der Waals surface area contributed by atoms with E-state index in [0.717, 1.165) is 24.2 Å². The van der Waals surface area contributed by atoms with Crippen LogP contribution in [0.25, 0.3) is 0 Å². The number of benzene rings is 1. The van der Waals surface area contributed by atoms with Crippen molar-refractivity contribution in [2.75, 3.05) is 7.05 Å². The Labute approximate surface area is 148 Å². The summed E-state index contributed by atoms with van der Waals surface area (Å²) in [6.07, 6.45) is 2.39. The molecule has 1 N–H and O–H groups in total.